The van der Waals surface area contributed by atoms with Crippen molar-refractivity contribution in [2.45, 2.75) is 52.6 Å². The van der Waals surface area contributed by atoms with Crippen LogP contribution >= 0.6 is 0 Å². The van der Waals surface area contributed by atoms with Crippen molar-refractivity contribution < 1.29 is 19.4 Å². The van der Waals surface area contributed by atoms with Crippen LogP contribution in [0.2, 0.25) is 0 Å². The molecule has 1 aliphatic heterocycles. The lowest BCUT2D eigenvalue weighted by Gasteiger charge is -2.29. The molecular formula is C15H28N2O4. The molecule has 0 bridgehead atoms. The average molecular weight is 300 g/mol. The summed E-state index contributed by atoms with van der Waals surface area (Å²) in [5.74, 6) is -0.852. The lowest BCUT2D eigenvalue weighted by atomic mass is 9.82. The second-order valence-corrected chi connectivity index (χ2v) is 5.62. The number of nitrogens with one attached hydrogen (secondary N) is 1. The summed E-state index contributed by atoms with van der Waals surface area (Å²) in [5, 5.41) is 12.2. The first-order valence-electron chi connectivity index (χ1n) is 7.86. The third kappa shape index (κ3) is 4.59. The number of aliphatic carboxylic acids is 1. The van der Waals surface area contributed by atoms with Gasteiger partial charge in [0, 0.05) is 26.2 Å². The second-order valence-electron chi connectivity index (χ2n) is 5.62. The van der Waals surface area contributed by atoms with Gasteiger partial charge in [-0.05, 0) is 32.6 Å². The highest BCUT2D eigenvalue weighted by Gasteiger charge is 2.35. The van der Waals surface area contributed by atoms with Crippen LogP contribution in [-0.2, 0) is 9.53 Å². The molecule has 2 N–H and O–H groups in total. The van der Waals surface area contributed by atoms with Gasteiger partial charge < -0.3 is 20.1 Å². The molecule has 0 radical (unpaired) electrons. The Morgan fingerprint density at radius 2 is 2.00 bits per heavy atom. The SMILES string of the molecule is CCN(CC1CCCO1)C(=O)NCC(CC)(CC)C(=O)O. The molecule has 122 valence electrons. The molecule has 1 heterocycles. The molecule has 0 aromatic heterocycles. The van der Waals surface area contributed by atoms with E-state index < -0.39 is 11.4 Å². The molecule has 1 atom stereocenters. The minimum absolute atomic E-state index is 0.109. The van der Waals surface area contributed by atoms with Gasteiger partial charge in [-0.1, -0.05) is 13.8 Å². The number of carboxylic acids is 1. The van der Waals surface area contributed by atoms with Gasteiger partial charge in [-0.3, -0.25) is 4.79 Å². The molecular weight excluding hydrogens is 272 g/mol. The first kappa shape index (κ1) is 17.8. The van der Waals surface area contributed by atoms with E-state index in [0.717, 1.165) is 19.4 Å². The summed E-state index contributed by atoms with van der Waals surface area (Å²) < 4.78 is 5.55. The summed E-state index contributed by atoms with van der Waals surface area (Å²) in [6, 6.07) is -0.208. The Hall–Kier alpha value is -1.30. The molecule has 0 spiro atoms. The lowest BCUT2D eigenvalue weighted by Crippen LogP contribution is -2.48. The van der Waals surface area contributed by atoms with Crippen LogP contribution in [0.15, 0.2) is 0 Å². The Kier molecular flexibility index (Phi) is 6.95. The minimum atomic E-state index is -0.876. The van der Waals surface area contributed by atoms with Gasteiger partial charge in [-0.15, -0.1) is 0 Å². The van der Waals surface area contributed by atoms with Crippen LogP contribution in [0.4, 0.5) is 4.79 Å². The van der Waals surface area contributed by atoms with Crippen molar-refractivity contribution >= 4 is 12.0 Å². The average Bonchev–Trinajstić information content (AvgIpc) is 2.98. The summed E-state index contributed by atoms with van der Waals surface area (Å²) in [6.45, 7) is 7.68. The zero-order valence-electron chi connectivity index (χ0n) is 13.4. The first-order valence-corrected chi connectivity index (χ1v) is 7.86. The highest BCUT2D eigenvalue weighted by Crippen LogP contribution is 2.25. The van der Waals surface area contributed by atoms with E-state index in [0.29, 0.717) is 25.9 Å². The van der Waals surface area contributed by atoms with E-state index in [1.807, 2.05) is 20.8 Å². The summed E-state index contributed by atoms with van der Waals surface area (Å²) in [7, 11) is 0. The largest absolute Gasteiger partial charge is 0.481 e. The molecule has 1 aliphatic rings. The number of carboxylic acid groups (broad SMARTS) is 1. The maximum Gasteiger partial charge on any atom is 0.317 e. The van der Waals surface area contributed by atoms with Crippen LogP contribution in [0.25, 0.3) is 0 Å². The fourth-order valence-electron chi connectivity index (χ4n) is 2.62. The monoisotopic (exact) mass is 300 g/mol. The van der Waals surface area contributed by atoms with Crippen LogP contribution in [-0.4, -0.2) is 54.4 Å². The van der Waals surface area contributed by atoms with Crippen molar-refractivity contribution in [2.75, 3.05) is 26.2 Å². The van der Waals surface area contributed by atoms with E-state index in [2.05, 4.69) is 5.32 Å². The molecule has 0 aliphatic carbocycles. The topological polar surface area (TPSA) is 78.9 Å². The fraction of sp³-hybridized carbons (Fsp3) is 0.867. The number of ether oxygens (including phenoxy) is 1. The third-order valence-electron chi connectivity index (χ3n) is 4.50. The van der Waals surface area contributed by atoms with Crippen LogP contribution in [0.3, 0.4) is 0 Å². The van der Waals surface area contributed by atoms with Gasteiger partial charge in [-0.2, -0.15) is 0 Å². The zero-order chi connectivity index (χ0) is 15.9. The zero-order valence-corrected chi connectivity index (χ0v) is 13.4. The van der Waals surface area contributed by atoms with Crippen molar-refractivity contribution in [3.05, 3.63) is 0 Å². The summed E-state index contributed by atoms with van der Waals surface area (Å²) in [6.07, 6.45) is 3.12. The van der Waals surface area contributed by atoms with Crippen LogP contribution in [0, 0.1) is 5.41 Å². The normalized spacial score (nSPS) is 18.5. The second kappa shape index (κ2) is 8.22. The highest BCUT2D eigenvalue weighted by molar-refractivity contribution is 5.78. The number of nitrogens with zero attached hydrogens (tertiary/aromatic N) is 1. The van der Waals surface area contributed by atoms with E-state index in [1.54, 1.807) is 4.90 Å². The maximum absolute atomic E-state index is 12.2. The number of likely N-dealkylation sites (N-methyl/N-ethyl adjacent to an activating group) is 1. The Morgan fingerprint density at radius 1 is 1.33 bits per heavy atom. The molecule has 21 heavy (non-hydrogen) atoms. The van der Waals surface area contributed by atoms with Crippen molar-refractivity contribution in [1.82, 2.24) is 10.2 Å². The van der Waals surface area contributed by atoms with Gasteiger partial charge in [-0.25, -0.2) is 4.79 Å². The lowest BCUT2D eigenvalue weighted by molar-refractivity contribution is -0.149. The van der Waals surface area contributed by atoms with E-state index >= 15 is 0 Å². The molecule has 2 amide bonds. The van der Waals surface area contributed by atoms with Crippen molar-refractivity contribution in [3.8, 4) is 0 Å². The van der Waals surface area contributed by atoms with Crippen molar-refractivity contribution in [3.63, 3.8) is 0 Å². The van der Waals surface area contributed by atoms with E-state index in [4.69, 9.17) is 4.74 Å². The quantitative estimate of drug-likeness (QED) is 0.719. The molecule has 6 nitrogen and oxygen atoms in total. The molecule has 6 heteroatoms. The molecule has 1 rings (SSSR count). The van der Waals surface area contributed by atoms with Crippen LogP contribution < -0.4 is 5.32 Å². The molecule has 0 aromatic carbocycles. The standard InChI is InChI=1S/C15H28N2O4/c1-4-15(5-2,13(18)19)11-16-14(20)17(6-3)10-12-8-7-9-21-12/h12H,4-11H2,1-3H3,(H,16,20)(H,18,19). The smallest absolute Gasteiger partial charge is 0.317 e. The number of hydrogen-bond acceptors (Lipinski definition) is 3. The molecule has 1 fully saturated rings. The molecule has 0 saturated carbocycles. The summed E-state index contributed by atoms with van der Waals surface area (Å²) in [5.41, 5.74) is -0.876. The number of rotatable bonds is 8. The molecule has 1 saturated heterocycles. The molecule has 0 aromatic rings. The number of amides is 2. The van der Waals surface area contributed by atoms with E-state index in [9.17, 15) is 14.7 Å². The van der Waals surface area contributed by atoms with Gasteiger partial charge in [0.25, 0.3) is 0 Å². The molecule has 1 unspecified atom stereocenters. The van der Waals surface area contributed by atoms with Crippen LogP contribution in [0.5, 0.6) is 0 Å². The van der Waals surface area contributed by atoms with Gasteiger partial charge >= 0.3 is 12.0 Å². The minimum Gasteiger partial charge on any atom is -0.481 e. The van der Waals surface area contributed by atoms with Crippen molar-refractivity contribution in [2.24, 2.45) is 5.41 Å². The number of carbonyl (C=O) groups is 2. The van der Waals surface area contributed by atoms with Gasteiger partial charge in [0.15, 0.2) is 0 Å². The number of hydrogen-bond donors (Lipinski definition) is 2. The van der Waals surface area contributed by atoms with Gasteiger partial charge in [0.05, 0.1) is 11.5 Å². The van der Waals surface area contributed by atoms with Gasteiger partial charge in [0.2, 0.25) is 0 Å². The number of urea groups is 1. The van der Waals surface area contributed by atoms with E-state index in [1.165, 1.54) is 0 Å². The Balaban J connectivity index is 2.54. The van der Waals surface area contributed by atoms with Crippen molar-refractivity contribution in [1.29, 1.82) is 0 Å². The van der Waals surface area contributed by atoms with E-state index in [-0.39, 0.29) is 18.7 Å². The Labute approximate surface area is 126 Å². The Bertz CT molecular complexity index is 350. The predicted molar refractivity (Wildman–Crippen MR) is 80.3 cm³/mol. The third-order valence-corrected chi connectivity index (χ3v) is 4.50. The first-order chi connectivity index (χ1) is 9.99. The summed E-state index contributed by atoms with van der Waals surface area (Å²) in [4.78, 5) is 25.3. The fourth-order valence-corrected chi connectivity index (χ4v) is 2.62. The maximum atomic E-state index is 12.2. The summed E-state index contributed by atoms with van der Waals surface area (Å²) >= 11 is 0. The highest BCUT2D eigenvalue weighted by atomic mass is 16.5. The van der Waals surface area contributed by atoms with Crippen LogP contribution in [0.1, 0.15) is 46.5 Å². The van der Waals surface area contributed by atoms with Gasteiger partial charge in [0.1, 0.15) is 0 Å². The Morgan fingerprint density at radius 3 is 2.43 bits per heavy atom. The number of carbonyl (C=O) groups excluding carboxylic acids is 1. The predicted octanol–water partition coefficient (Wildman–Crippen LogP) is 2.09.